The molecule has 1 aromatic carbocycles. The molecule has 2 atom stereocenters. The van der Waals surface area contributed by atoms with Crippen LogP contribution in [0.4, 0.5) is 0 Å². The molecular formula is C16H24N2O2. The monoisotopic (exact) mass is 276 g/mol. The molecule has 0 heterocycles. The lowest BCUT2D eigenvalue weighted by atomic mass is 10.1. The Bertz CT molecular complexity index is 411. The second-order valence-corrected chi connectivity index (χ2v) is 5.05. The van der Waals surface area contributed by atoms with Crippen LogP contribution in [-0.2, 0) is 0 Å². The fourth-order valence-electron chi connectivity index (χ4n) is 1.83. The molecule has 4 nitrogen and oxygen atoms in total. The van der Waals surface area contributed by atoms with Gasteiger partial charge in [0.15, 0.2) is 0 Å². The van der Waals surface area contributed by atoms with E-state index in [1.165, 1.54) is 12.8 Å². The molecule has 0 bridgehead atoms. The van der Waals surface area contributed by atoms with Crippen molar-refractivity contribution >= 4 is 0 Å². The molecule has 0 aliphatic carbocycles. The molecule has 0 saturated carbocycles. The Kier molecular flexibility index (Phi) is 7.71. The van der Waals surface area contributed by atoms with Crippen LogP contribution in [0.25, 0.3) is 0 Å². The van der Waals surface area contributed by atoms with E-state index in [1.807, 2.05) is 0 Å². The summed E-state index contributed by atoms with van der Waals surface area (Å²) in [5.41, 5.74) is 0.601. The summed E-state index contributed by atoms with van der Waals surface area (Å²) in [4.78, 5) is 0. The average Bonchev–Trinajstić information content (AvgIpc) is 2.49. The van der Waals surface area contributed by atoms with E-state index in [0.717, 1.165) is 6.42 Å². The van der Waals surface area contributed by atoms with Crippen LogP contribution in [0.3, 0.4) is 0 Å². The van der Waals surface area contributed by atoms with E-state index in [-0.39, 0.29) is 6.61 Å². The molecule has 1 aromatic rings. The lowest BCUT2D eigenvalue weighted by molar-refractivity contribution is 0.104. The summed E-state index contributed by atoms with van der Waals surface area (Å²) in [6.07, 6.45) is 2.98. The number of unbranched alkanes of at least 4 members (excludes halogenated alkanes) is 1. The predicted octanol–water partition coefficient (Wildman–Crippen LogP) is 2.47. The van der Waals surface area contributed by atoms with Crippen LogP contribution in [-0.4, -0.2) is 30.4 Å². The predicted molar refractivity (Wildman–Crippen MR) is 79.6 cm³/mol. The normalized spacial score (nSPS) is 13.5. The van der Waals surface area contributed by atoms with Gasteiger partial charge in [0.1, 0.15) is 18.5 Å². The van der Waals surface area contributed by atoms with Crippen molar-refractivity contribution in [3.05, 3.63) is 29.8 Å². The molecule has 0 radical (unpaired) electrons. The van der Waals surface area contributed by atoms with Crippen molar-refractivity contribution in [2.75, 3.05) is 13.2 Å². The lowest BCUT2D eigenvalue weighted by Gasteiger charge is -2.17. The van der Waals surface area contributed by atoms with Gasteiger partial charge in [-0.05, 0) is 37.6 Å². The van der Waals surface area contributed by atoms with Gasteiger partial charge in [-0.2, -0.15) is 5.26 Å². The Balaban J connectivity index is 2.22. The van der Waals surface area contributed by atoms with E-state index in [9.17, 15) is 5.11 Å². The largest absolute Gasteiger partial charge is 0.491 e. The number of ether oxygens (including phenoxy) is 1. The average molecular weight is 276 g/mol. The zero-order chi connectivity index (χ0) is 14.8. The number of aliphatic hydroxyl groups is 1. The minimum atomic E-state index is -0.533. The number of aliphatic hydroxyl groups excluding tert-OH is 1. The number of nitrogens with zero attached hydrogens (tertiary/aromatic N) is 1. The quantitative estimate of drug-likeness (QED) is 0.727. The van der Waals surface area contributed by atoms with Gasteiger partial charge in [-0.1, -0.05) is 19.8 Å². The highest BCUT2D eigenvalue weighted by Crippen LogP contribution is 2.11. The third-order valence-electron chi connectivity index (χ3n) is 3.12. The molecule has 0 aromatic heterocycles. The third kappa shape index (κ3) is 6.55. The fourth-order valence-corrected chi connectivity index (χ4v) is 1.83. The molecule has 4 heteroatoms. The summed E-state index contributed by atoms with van der Waals surface area (Å²) in [7, 11) is 0. The first kappa shape index (κ1) is 16.5. The highest BCUT2D eigenvalue weighted by atomic mass is 16.5. The molecular weight excluding hydrogens is 252 g/mol. The van der Waals surface area contributed by atoms with Crippen molar-refractivity contribution in [3.63, 3.8) is 0 Å². The van der Waals surface area contributed by atoms with Crippen LogP contribution in [0.15, 0.2) is 24.3 Å². The molecule has 20 heavy (non-hydrogen) atoms. The summed E-state index contributed by atoms with van der Waals surface area (Å²) < 4.78 is 5.48. The first-order chi connectivity index (χ1) is 9.65. The van der Waals surface area contributed by atoms with Gasteiger partial charge >= 0.3 is 0 Å². The Labute approximate surface area is 121 Å². The smallest absolute Gasteiger partial charge is 0.119 e. The molecule has 1 rings (SSSR count). The Morgan fingerprint density at radius 1 is 1.35 bits per heavy atom. The van der Waals surface area contributed by atoms with Crippen LogP contribution in [0.1, 0.15) is 38.7 Å². The minimum absolute atomic E-state index is 0.249. The standard InChI is InChI=1S/C16H24N2O2/c1-3-4-5-13(2)18-11-15(19)12-20-16-8-6-14(10-17)7-9-16/h6-9,13,15,18-19H,3-5,11-12H2,1-2H3. The van der Waals surface area contributed by atoms with Crippen molar-refractivity contribution in [2.45, 2.75) is 45.3 Å². The Morgan fingerprint density at radius 2 is 2.05 bits per heavy atom. The van der Waals surface area contributed by atoms with Crippen LogP contribution in [0.5, 0.6) is 5.75 Å². The Morgan fingerprint density at radius 3 is 2.65 bits per heavy atom. The van der Waals surface area contributed by atoms with Gasteiger partial charge in [-0.15, -0.1) is 0 Å². The van der Waals surface area contributed by atoms with E-state index in [4.69, 9.17) is 10.00 Å². The number of benzene rings is 1. The summed E-state index contributed by atoms with van der Waals surface area (Å²) in [5, 5.41) is 21.8. The first-order valence-corrected chi connectivity index (χ1v) is 7.20. The second kappa shape index (κ2) is 9.35. The maximum absolute atomic E-state index is 9.85. The number of rotatable bonds is 9. The van der Waals surface area contributed by atoms with Gasteiger partial charge in [-0.25, -0.2) is 0 Å². The minimum Gasteiger partial charge on any atom is -0.491 e. The number of nitriles is 1. The highest BCUT2D eigenvalue weighted by molar-refractivity contribution is 5.34. The van der Waals surface area contributed by atoms with E-state index < -0.39 is 6.10 Å². The van der Waals surface area contributed by atoms with Gasteiger partial charge in [0, 0.05) is 12.6 Å². The second-order valence-electron chi connectivity index (χ2n) is 5.05. The number of hydrogen-bond donors (Lipinski definition) is 2. The maximum atomic E-state index is 9.85. The van der Waals surface area contributed by atoms with E-state index in [2.05, 4.69) is 25.2 Å². The summed E-state index contributed by atoms with van der Waals surface area (Å²) in [5.74, 6) is 0.669. The molecule has 2 N–H and O–H groups in total. The van der Waals surface area contributed by atoms with E-state index in [1.54, 1.807) is 24.3 Å². The zero-order valence-corrected chi connectivity index (χ0v) is 12.3. The van der Waals surface area contributed by atoms with Crippen molar-refractivity contribution in [1.29, 1.82) is 5.26 Å². The molecule has 0 spiro atoms. The van der Waals surface area contributed by atoms with Crippen LogP contribution in [0.2, 0.25) is 0 Å². The van der Waals surface area contributed by atoms with Gasteiger partial charge < -0.3 is 15.2 Å². The van der Waals surface area contributed by atoms with Crippen molar-refractivity contribution in [1.82, 2.24) is 5.32 Å². The molecule has 0 aliphatic heterocycles. The highest BCUT2D eigenvalue weighted by Gasteiger charge is 2.07. The Hall–Kier alpha value is -1.57. The van der Waals surface area contributed by atoms with Gasteiger partial charge in [0.05, 0.1) is 11.6 Å². The van der Waals surface area contributed by atoms with E-state index >= 15 is 0 Å². The third-order valence-corrected chi connectivity index (χ3v) is 3.12. The SMILES string of the molecule is CCCCC(C)NCC(O)COc1ccc(C#N)cc1. The number of nitrogens with one attached hydrogen (secondary N) is 1. The number of hydrogen-bond acceptors (Lipinski definition) is 4. The molecule has 0 saturated heterocycles. The van der Waals surface area contributed by atoms with Gasteiger partial charge in [0.25, 0.3) is 0 Å². The van der Waals surface area contributed by atoms with Crippen LogP contribution in [0, 0.1) is 11.3 Å². The zero-order valence-electron chi connectivity index (χ0n) is 12.3. The fraction of sp³-hybridized carbons (Fsp3) is 0.562. The maximum Gasteiger partial charge on any atom is 0.119 e. The van der Waals surface area contributed by atoms with Crippen LogP contribution < -0.4 is 10.1 Å². The van der Waals surface area contributed by atoms with Gasteiger partial charge in [-0.3, -0.25) is 0 Å². The van der Waals surface area contributed by atoms with E-state index in [0.29, 0.717) is 23.9 Å². The van der Waals surface area contributed by atoms with Crippen molar-refractivity contribution < 1.29 is 9.84 Å². The van der Waals surface area contributed by atoms with Crippen LogP contribution >= 0.6 is 0 Å². The summed E-state index contributed by atoms with van der Waals surface area (Å²) >= 11 is 0. The molecule has 0 fully saturated rings. The molecule has 2 unspecified atom stereocenters. The van der Waals surface area contributed by atoms with Crippen molar-refractivity contribution in [3.8, 4) is 11.8 Å². The molecule has 110 valence electrons. The first-order valence-electron chi connectivity index (χ1n) is 7.20. The summed E-state index contributed by atoms with van der Waals surface area (Å²) in [6, 6.07) is 9.35. The topological polar surface area (TPSA) is 65.3 Å². The van der Waals surface area contributed by atoms with Gasteiger partial charge in [0.2, 0.25) is 0 Å². The summed E-state index contributed by atoms with van der Waals surface area (Å²) in [6.45, 7) is 5.08. The lowest BCUT2D eigenvalue weighted by Crippen LogP contribution is -2.36. The molecule has 0 amide bonds. The van der Waals surface area contributed by atoms with Crippen molar-refractivity contribution in [2.24, 2.45) is 0 Å². The molecule has 0 aliphatic rings.